The van der Waals surface area contributed by atoms with Crippen molar-refractivity contribution in [2.24, 2.45) is 0 Å². The minimum absolute atomic E-state index is 0.248. The second kappa shape index (κ2) is 7.44. The van der Waals surface area contributed by atoms with Gasteiger partial charge in [0, 0.05) is 29.3 Å². The smallest absolute Gasteiger partial charge is 0.241 e. The van der Waals surface area contributed by atoms with E-state index in [2.05, 4.69) is 58.5 Å². The molecule has 3 aromatic rings. The molecule has 1 N–H and O–H groups in total. The number of H-pyrrole nitrogens is 1. The average molecular weight is 374 g/mol. The first-order valence-corrected chi connectivity index (χ1v) is 10.5. The molecule has 4 nitrogen and oxygen atoms in total. The van der Waals surface area contributed by atoms with Crippen LogP contribution in [0.2, 0.25) is 0 Å². The Morgan fingerprint density at radius 1 is 1.00 bits per heavy atom. The van der Waals surface area contributed by atoms with Gasteiger partial charge in [-0.3, -0.25) is 9.69 Å². The molecular weight excluding hydrogens is 346 g/mol. The van der Waals surface area contributed by atoms with Crippen LogP contribution in [0, 0.1) is 0 Å². The lowest BCUT2D eigenvalue weighted by molar-refractivity contribution is -0.120. The number of benzene rings is 2. The molecule has 1 aromatic heterocycles. The Bertz CT molecular complexity index is 984. The highest BCUT2D eigenvalue weighted by atomic mass is 16.2. The molecule has 1 saturated heterocycles. The standard InChI is InChI=1S/C24H27N3O/c28-24(27-13-5-7-19-6-1-4-10-23(19)27)17-26-14-11-18(12-15-26)21-16-25-22-9-3-2-8-20(21)22/h1-4,6,8-10,16,18,25H,5,7,11-15,17H2. The summed E-state index contributed by atoms with van der Waals surface area (Å²) in [6.45, 7) is 3.37. The number of nitrogens with one attached hydrogen (secondary N) is 1. The minimum Gasteiger partial charge on any atom is -0.361 e. The van der Waals surface area contributed by atoms with E-state index >= 15 is 0 Å². The number of aromatic amines is 1. The normalized spacial score (nSPS) is 18.4. The Morgan fingerprint density at radius 3 is 2.68 bits per heavy atom. The van der Waals surface area contributed by atoms with Crippen molar-refractivity contribution in [1.82, 2.24) is 9.88 Å². The van der Waals surface area contributed by atoms with Crippen LogP contribution < -0.4 is 4.90 Å². The number of carbonyl (C=O) groups excluding carboxylic acids is 1. The summed E-state index contributed by atoms with van der Waals surface area (Å²) in [5.41, 5.74) is 5.08. The third-order valence-electron chi connectivity index (χ3n) is 6.42. The van der Waals surface area contributed by atoms with E-state index in [-0.39, 0.29) is 5.91 Å². The zero-order chi connectivity index (χ0) is 18.9. The van der Waals surface area contributed by atoms with Gasteiger partial charge in [0.25, 0.3) is 0 Å². The number of rotatable bonds is 3. The van der Waals surface area contributed by atoms with Crippen molar-refractivity contribution >= 4 is 22.5 Å². The van der Waals surface area contributed by atoms with Crippen LogP contribution in [0.15, 0.2) is 54.7 Å². The number of fused-ring (bicyclic) bond motifs is 2. The van der Waals surface area contributed by atoms with Gasteiger partial charge in [-0.25, -0.2) is 0 Å². The van der Waals surface area contributed by atoms with Crippen molar-refractivity contribution in [2.45, 2.75) is 31.6 Å². The van der Waals surface area contributed by atoms with Crippen LogP contribution in [0.4, 0.5) is 5.69 Å². The second-order valence-electron chi connectivity index (χ2n) is 8.12. The maximum Gasteiger partial charge on any atom is 0.241 e. The summed E-state index contributed by atoms with van der Waals surface area (Å²) in [7, 11) is 0. The predicted molar refractivity (Wildman–Crippen MR) is 114 cm³/mol. The number of aromatic nitrogens is 1. The number of piperidine rings is 1. The van der Waals surface area contributed by atoms with Crippen LogP contribution >= 0.6 is 0 Å². The number of hydrogen-bond donors (Lipinski definition) is 1. The molecule has 1 amide bonds. The van der Waals surface area contributed by atoms with Crippen molar-refractivity contribution in [1.29, 1.82) is 0 Å². The fourth-order valence-electron chi connectivity index (χ4n) is 4.90. The quantitative estimate of drug-likeness (QED) is 0.742. The number of nitrogens with zero attached hydrogens (tertiary/aromatic N) is 2. The van der Waals surface area contributed by atoms with Gasteiger partial charge in [0.15, 0.2) is 0 Å². The minimum atomic E-state index is 0.248. The summed E-state index contributed by atoms with van der Waals surface area (Å²) in [5.74, 6) is 0.830. The number of anilines is 1. The van der Waals surface area contributed by atoms with Crippen LogP contribution in [0.1, 0.15) is 36.3 Å². The van der Waals surface area contributed by atoms with E-state index in [4.69, 9.17) is 0 Å². The monoisotopic (exact) mass is 373 g/mol. The number of amides is 1. The fraction of sp³-hybridized carbons (Fsp3) is 0.375. The first-order valence-electron chi connectivity index (χ1n) is 10.5. The molecule has 4 heteroatoms. The number of carbonyl (C=O) groups is 1. The highest BCUT2D eigenvalue weighted by molar-refractivity contribution is 5.96. The Labute approximate surface area is 166 Å². The number of para-hydroxylation sites is 2. The largest absolute Gasteiger partial charge is 0.361 e. The second-order valence-corrected chi connectivity index (χ2v) is 8.12. The molecule has 0 unspecified atom stereocenters. The molecule has 28 heavy (non-hydrogen) atoms. The molecule has 0 bridgehead atoms. The summed E-state index contributed by atoms with van der Waals surface area (Å²) >= 11 is 0. The van der Waals surface area contributed by atoms with Gasteiger partial charge < -0.3 is 9.88 Å². The van der Waals surface area contributed by atoms with Gasteiger partial charge in [0.05, 0.1) is 6.54 Å². The Kier molecular flexibility index (Phi) is 4.65. The molecule has 2 aliphatic rings. The van der Waals surface area contributed by atoms with Crippen molar-refractivity contribution in [3.63, 3.8) is 0 Å². The maximum absolute atomic E-state index is 13.0. The third-order valence-corrected chi connectivity index (χ3v) is 6.42. The van der Waals surface area contributed by atoms with Gasteiger partial charge in [-0.15, -0.1) is 0 Å². The first-order chi connectivity index (χ1) is 13.8. The Balaban J connectivity index is 1.23. The van der Waals surface area contributed by atoms with Crippen molar-refractivity contribution in [2.75, 3.05) is 31.1 Å². The molecule has 3 heterocycles. The van der Waals surface area contributed by atoms with Gasteiger partial charge in [0.1, 0.15) is 0 Å². The van der Waals surface area contributed by atoms with Gasteiger partial charge in [0.2, 0.25) is 5.91 Å². The first kappa shape index (κ1) is 17.5. The summed E-state index contributed by atoms with van der Waals surface area (Å²) in [6.07, 6.45) is 6.56. The van der Waals surface area contributed by atoms with E-state index < -0.39 is 0 Å². The van der Waals surface area contributed by atoms with Crippen LogP contribution in [-0.2, 0) is 11.2 Å². The molecule has 144 valence electrons. The van der Waals surface area contributed by atoms with Gasteiger partial charge in [-0.1, -0.05) is 36.4 Å². The van der Waals surface area contributed by atoms with Crippen molar-refractivity contribution < 1.29 is 4.79 Å². The lowest BCUT2D eigenvalue weighted by atomic mass is 9.89. The summed E-state index contributed by atoms with van der Waals surface area (Å²) < 4.78 is 0. The Hall–Kier alpha value is -2.59. The predicted octanol–water partition coefficient (Wildman–Crippen LogP) is 4.33. The zero-order valence-corrected chi connectivity index (χ0v) is 16.2. The van der Waals surface area contributed by atoms with Crippen molar-refractivity contribution in [3.8, 4) is 0 Å². The zero-order valence-electron chi connectivity index (χ0n) is 16.2. The molecular formula is C24H27N3O. The molecule has 0 spiro atoms. The van der Waals surface area contributed by atoms with E-state index in [1.807, 2.05) is 11.0 Å². The van der Waals surface area contributed by atoms with E-state index in [0.717, 1.165) is 51.0 Å². The van der Waals surface area contributed by atoms with Crippen LogP contribution in [0.3, 0.4) is 0 Å². The molecule has 5 rings (SSSR count). The molecule has 0 aliphatic carbocycles. The average Bonchev–Trinajstić information content (AvgIpc) is 3.18. The topological polar surface area (TPSA) is 39.3 Å². The highest BCUT2D eigenvalue weighted by Gasteiger charge is 2.27. The van der Waals surface area contributed by atoms with Gasteiger partial charge >= 0.3 is 0 Å². The summed E-state index contributed by atoms with van der Waals surface area (Å²) in [4.78, 5) is 20.7. The maximum atomic E-state index is 13.0. The Morgan fingerprint density at radius 2 is 1.79 bits per heavy atom. The van der Waals surface area contributed by atoms with E-state index in [1.165, 1.54) is 22.0 Å². The SMILES string of the molecule is O=C(CN1CCC(c2c[nH]c3ccccc23)CC1)N1CCCc2ccccc21. The lowest BCUT2D eigenvalue weighted by Crippen LogP contribution is -2.45. The number of likely N-dealkylation sites (tertiary alicyclic amines) is 1. The van der Waals surface area contributed by atoms with Crippen LogP contribution in [0.25, 0.3) is 10.9 Å². The molecule has 1 fully saturated rings. The van der Waals surface area contributed by atoms with E-state index in [1.54, 1.807) is 0 Å². The third kappa shape index (κ3) is 3.22. The van der Waals surface area contributed by atoms with E-state index in [9.17, 15) is 4.79 Å². The molecule has 2 aliphatic heterocycles. The van der Waals surface area contributed by atoms with Gasteiger partial charge in [-0.05, 0) is 68.0 Å². The lowest BCUT2D eigenvalue weighted by Gasteiger charge is -2.35. The van der Waals surface area contributed by atoms with Crippen molar-refractivity contribution in [3.05, 3.63) is 65.9 Å². The molecule has 0 atom stereocenters. The summed E-state index contributed by atoms with van der Waals surface area (Å²) in [5, 5.41) is 1.35. The fourth-order valence-corrected chi connectivity index (χ4v) is 4.90. The molecule has 2 aromatic carbocycles. The number of hydrogen-bond acceptors (Lipinski definition) is 2. The number of aryl methyl sites for hydroxylation is 1. The van der Waals surface area contributed by atoms with E-state index in [0.29, 0.717) is 12.5 Å². The van der Waals surface area contributed by atoms with Crippen LogP contribution in [-0.4, -0.2) is 42.0 Å². The van der Waals surface area contributed by atoms with Crippen LogP contribution in [0.5, 0.6) is 0 Å². The summed E-state index contributed by atoms with van der Waals surface area (Å²) in [6, 6.07) is 16.9. The molecule has 0 radical (unpaired) electrons. The molecule has 0 saturated carbocycles. The van der Waals surface area contributed by atoms with Gasteiger partial charge in [-0.2, -0.15) is 0 Å². The highest BCUT2D eigenvalue weighted by Crippen LogP contribution is 2.33.